The monoisotopic (exact) mass is 716 g/mol. The molecule has 0 saturated heterocycles. The lowest BCUT2D eigenvalue weighted by molar-refractivity contribution is -0.130. The summed E-state index contributed by atoms with van der Waals surface area (Å²) in [5.41, 5.74) is 4.50. The number of anilines is 1. The normalized spacial score (nSPS) is 11.6. The number of pyridine rings is 1. The number of likely N-dealkylation sites (N-methyl/N-ethyl adjacent to an activating group) is 1. The van der Waals surface area contributed by atoms with E-state index in [-0.39, 0.29) is 22.9 Å². The summed E-state index contributed by atoms with van der Waals surface area (Å²) in [5.74, 6) is 0.184. The number of sulfonamides is 1. The summed E-state index contributed by atoms with van der Waals surface area (Å²) >= 11 is 7.85. The number of nitrogens with zero attached hydrogens (tertiary/aromatic N) is 6. The maximum Gasteiger partial charge on any atom is 0.264 e. The van der Waals surface area contributed by atoms with Gasteiger partial charge in [-0.1, -0.05) is 17.7 Å². The highest BCUT2D eigenvalue weighted by Crippen LogP contribution is 2.38. The lowest BCUT2D eigenvalue weighted by Crippen LogP contribution is -2.43. The smallest absolute Gasteiger partial charge is 0.264 e. The lowest BCUT2D eigenvalue weighted by Gasteiger charge is -2.29. The minimum absolute atomic E-state index is 0.0752. The van der Waals surface area contributed by atoms with Crippen molar-refractivity contribution in [2.24, 2.45) is 0 Å². The number of carbonyl (C=O) groups excluding carboxylic acids is 1. The first kappa shape index (κ1) is 34.0. The molecule has 6 aromatic rings. The Balaban J connectivity index is 1.46. The molecule has 0 aliphatic heterocycles. The fourth-order valence-electron chi connectivity index (χ4n) is 5.60. The summed E-state index contributed by atoms with van der Waals surface area (Å²) in [4.78, 5) is 29.0. The molecule has 14 heteroatoms. The fourth-order valence-corrected chi connectivity index (χ4v) is 8.19. The number of amides is 1. The van der Waals surface area contributed by atoms with Crippen LogP contribution in [0.2, 0.25) is 5.02 Å². The number of halogens is 1. The van der Waals surface area contributed by atoms with Gasteiger partial charge in [-0.15, -0.1) is 0 Å². The summed E-state index contributed by atoms with van der Waals surface area (Å²) in [6.07, 6.45) is 3.24. The molecule has 252 valence electrons. The van der Waals surface area contributed by atoms with Crippen molar-refractivity contribution in [2.75, 3.05) is 31.6 Å². The van der Waals surface area contributed by atoms with Crippen LogP contribution in [0.5, 0.6) is 11.5 Å². The van der Waals surface area contributed by atoms with Crippen LogP contribution in [0.4, 0.5) is 5.69 Å². The third-order valence-corrected chi connectivity index (χ3v) is 11.0. The second-order valence-corrected chi connectivity index (χ2v) is 14.3. The molecule has 0 radical (unpaired) electrons. The Morgan fingerprint density at radius 1 is 0.959 bits per heavy atom. The van der Waals surface area contributed by atoms with Gasteiger partial charge < -0.3 is 14.4 Å². The van der Waals surface area contributed by atoms with E-state index in [1.54, 1.807) is 35.5 Å². The van der Waals surface area contributed by atoms with Crippen LogP contribution in [0.3, 0.4) is 0 Å². The van der Waals surface area contributed by atoms with Gasteiger partial charge in [-0.3, -0.25) is 19.1 Å². The van der Waals surface area contributed by atoms with Gasteiger partial charge in [0, 0.05) is 40.2 Å². The third-order valence-electron chi connectivity index (χ3n) is 8.11. The molecule has 0 aliphatic rings. The molecule has 11 nitrogen and oxygen atoms in total. The molecule has 1 amide bonds. The molecule has 0 N–H and O–H groups in total. The van der Waals surface area contributed by atoms with Crippen molar-refractivity contribution >= 4 is 65.7 Å². The Kier molecular flexibility index (Phi) is 9.68. The van der Waals surface area contributed by atoms with Crippen LogP contribution in [0, 0.1) is 13.8 Å². The van der Waals surface area contributed by atoms with E-state index < -0.39 is 22.5 Å². The first-order valence-electron chi connectivity index (χ1n) is 15.3. The number of carbonyl (C=O) groups is 1. The average Bonchev–Trinajstić information content (AvgIpc) is 3.48. The van der Waals surface area contributed by atoms with E-state index in [9.17, 15) is 13.2 Å². The Hall–Kier alpha value is -4.85. The van der Waals surface area contributed by atoms with Crippen LogP contribution >= 0.6 is 23.1 Å². The molecule has 3 aromatic heterocycles. The highest BCUT2D eigenvalue weighted by atomic mass is 35.5. The van der Waals surface area contributed by atoms with Gasteiger partial charge in [-0.05, 0) is 80.8 Å². The Morgan fingerprint density at radius 2 is 1.76 bits per heavy atom. The van der Waals surface area contributed by atoms with Gasteiger partial charge in [-0.25, -0.2) is 13.4 Å². The van der Waals surface area contributed by atoms with Gasteiger partial charge >= 0.3 is 0 Å². The molecule has 0 saturated carbocycles. The van der Waals surface area contributed by atoms with E-state index in [2.05, 4.69) is 14.3 Å². The minimum Gasteiger partial charge on any atom is -0.493 e. The zero-order valence-corrected chi connectivity index (χ0v) is 29.9. The molecule has 0 spiro atoms. The SMILES string of the molecule is CCN(Cc1cnc(C)cn1)C(=O)CN(c1cccc2nc(-c3cc(Cl)cc4snc(C)c34)ccc12)S(=O)(=O)c1ccc(OC)c(OC)c1. The van der Waals surface area contributed by atoms with E-state index in [1.165, 1.54) is 44.0 Å². The number of hydrogen-bond donors (Lipinski definition) is 0. The lowest BCUT2D eigenvalue weighted by atomic mass is 10.0. The summed E-state index contributed by atoms with van der Waals surface area (Å²) in [6.45, 7) is 5.60. The van der Waals surface area contributed by atoms with Crippen molar-refractivity contribution in [3.8, 4) is 22.8 Å². The highest BCUT2D eigenvalue weighted by Gasteiger charge is 2.31. The van der Waals surface area contributed by atoms with Gasteiger partial charge in [0.25, 0.3) is 10.0 Å². The van der Waals surface area contributed by atoms with Crippen LogP contribution in [0.1, 0.15) is 24.0 Å². The first-order valence-corrected chi connectivity index (χ1v) is 17.9. The van der Waals surface area contributed by atoms with E-state index >= 15 is 0 Å². The number of aromatic nitrogens is 4. The Morgan fingerprint density at radius 3 is 2.47 bits per heavy atom. The number of benzene rings is 3. The fraction of sp³-hybridized carbons (Fsp3) is 0.229. The maximum atomic E-state index is 14.6. The number of ether oxygens (including phenoxy) is 2. The summed E-state index contributed by atoms with van der Waals surface area (Å²) in [7, 11) is -1.45. The topological polar surface area (TPSA) is 128 Å². The number of methoxy groups -OCH3 is 2. The van der Waals surface area contributed by atoms with Crippen molar-refractivity contribution in [2.45, 2.75) is 32.2 Å². The number of fused-ring (bicyclic) bond motifs is 2. The molecule has 0 fully saturated rings. The molecular weight excluding hydrogens is 684 g/mol. The van der Waals surface area contributed by atoms with E-state index in [0.29, 0.717) is 39.6 Å². The standard InChI is InChI=1S/C35H33ClN6O5S2/c1-6-41(19-24-18-37-21(2)17-38-24)34(43)20-42(49(44,45)25-10-13-31(46-4)32(16-25)47-5)30-9-7-8-28-26(30)11-12-29(39-28)27-14-23(36)15-33-35(27)22(3)40-48-33/h7-18H,6,19-20H2,1-5H3. The zero-order valence-electron chi connectivity index (χ0n) is 27.5. The van der Waals surface area contributed by atoms with Crippen LogP contribution in [0.15, 0.2) is 78.0 Å². The van der Waals surface area contributed by atoms with Gasteiger partial charge in [-0.2, -0.15) is 4.37 Å². The zero-order chi connectivity index (χ0) is 34.9. The molecule has 0 unspecified atom stereocenters. The number of rotatable bonds is 11. The van der Waals surface area contributed by atoms with Crippen LogP contribution < -0.4 is 13.8 Å². The van der Waals surface area contributed by atoms with Crippen molar-refractivity contribution < 1.29 is 22.7 Å². The van der Waals surface area contributed by atoms with Gasteiger partial charge in [0.15, 0.2) is 11.5 Å². The van der Waals surface area contributed by atoms with E-state index in [1.807, 2.05) is 45.0 Å². The number of aryl methyl sites for hydroxylation is 2. The third kappa shape index (κ3) is 6.74. The van der Waals surface area contributed by atoms with Crippen LogP contribution in [-0.2, 0) is 21.4 Å². The molecule has 3 heterocycles. The Bertz CT molecular complexity index is 2300. The van der Waals surface area contributed by atoms with Gasteiger partial charge in [0.2, 0.25) is 5.91 Å². The quantitative estimate of drug-likeness (QED) is 0.142. The maximum absolute atomic E-state index is 14.6. The molecule has 49 heavy (non-hydrogen) atoms. The van der Waals surface area contributed by atoms with E-state index in [4.69, 9.17) is 26.1 Å². The molecular formula is C35H33ClN6O5S2. The molecule has 0 bridgehead atoms. The van der Waals surface area contributed by atoms with Crippen LogP contribution in [0.25, 0.3) is 32.2 Å². The van der Waals surface area contributed by atoms with Gasteiger partial charge in [0.1, 0.15) is 6.54 Å². The Labute approximate surface area is 293 Å². The molecule has 6 rings (SSSR count). The first-order chi connectivity index (χ1) is 23.5. The second kappa shape index (κ2) is 13.9. The molecule has 3 aromatic carbocycles. The van der Waals surface area contributed by atoms with Crippen molar-refractivity contribution in [1.82, 2.24) is 24.2 Å². The summed E-state index contributed by atoms with van der Waals surface area (Å²) < 4.78 is 46.4. The molecule has 0 aliphatic carbocycles. The predicted octanol–water partition coefficient (Wildman–Crippen LogP) is 6.83. The summed E-state index contributed by atoms with van der Waals surface area (Å²) in [6, 6.07) is 16.9. The minimum atomic E-state index is -4.34. The highest BCUT2D eigenvalue weighted by molar-refractivity contribution is 7.92. The van der Waals surface area contributed by atoms with Gasteiger partial charge in [0.05, 0.1) is 70.5 Å². The van der Waals surface area contributed by atoms with Crippen LogP contribution in [-0.4, -0.2) is 65.9 Å². The van der Waals surface area contributed by atoms with Crippen molar-refractivity contribution in [3.05, 3.63) is 95.2 Å². The van der Waals surface area contributed by atoms with Crippen molar-refractivity contribution in [1.29, 1.82) is 0 Å². The van der Waals surface area contributed by atoms with Crippen molar-refractivity contribution in [3.63, 3.8) is 0 Å². The number of hydrogen-bond acceptors (Lipinski definition) is 10. The second-order valence-electron chi connectivity index (χ2n) is 11.2. The largest absolute Gasteiger partial charge is 0.493 e. The molecule has 0 atom stereocenters. The average molecular weight is 717 g/mol. The van der Waals surface area contributed by atoms with E-state index in [0.717, 1.165) is 31.3 Å². The predicted molar refractivity (Wildman–Crippen MR) is 192 cm³/mol. The summed E-state index contributed by atoms with van der Waals surface area (Å²) in [5, 5.41) is 2.05.